The van der Waals surface area contributed by atoms with Gasteiger partial charge in [0.1, 0.15) is 0 Å². The fraction of sp³-hybridized carbons (Fsp3) is 0.455. The molecule has 0 aliphatic rings. The molecule has 2 rings (SSSR count). The quantitative estimate of drug-likeness (QED) is 0.405. The van der Waals surface area contributed by atoms with E-state index in [1.165, 1.54) is 22.7 Å². The summed E-state index contributed by atoms with van der Waals surface area (Å²) in [5.41, 5.74) is 1.99. The normalized spacial score (nSPS) is 12.6. The molecule has 0 atom stereocenters. The average Bonchev–Trinajstić information content (AvgIpc) is 2.75. The minimum Gasteiger partial charge on any atom is -0.378 e. The number of rotatable bonds is 13. The van der Waals surface area contributed by atoms with Gasteiger partial charge in [-0.15, -0.1) is 0 Å². The van der Waals surface area contributed by atoms with Crippen molar-refractivity contribution < 1.29 is 26.3 Å². The maximum Gasteiger partial charge on any atom is 0.242 e. The molecule has 0 amide bonds. The van der Waals surface area contributed by atoms with Gasteiger partial charge in [-0.05, 0) is 38.1 Å². The zero-order chi connectivity index (χ0) is 23.8. The van der Waals surface area contributed by atoms with Gasteiger partial charge in [0.05, 0.1) is 36.2 Å². The van der Waals surface area contributed by atoms with Crippen LogP contribution < -0.4 is 0 Å². The number of sulfonamides is 2. The van der Waals surface area contributed by atoms with Gasteiger partial charge in [-0.3, -0.25) is 0 Å². The van der Waals surface area contributed by atoms with Crippen molar-refractivity contribution in [2.24, 2.45) is 0 Å². The summed E-state index contributed by atoms with van der Waals surface area (Å²) in [6, 6.07) is 13.4. The van der Waals surface area contributed by atoms with Crippen molar-refractivity contribution in [1.29, 1.82) is 0 Å². The largest absolute Gasteiger partial charge is 0.378 e. The van der Waals surface area contributed by atoms with E-state index < -0.39 is 20.0 Å². The maximum atomic E-state index is 12.5. The second-order valence-corrected chi connectivity index (χ2v) is 11.6. The minimum atomic E-state index is -3.55. The summed E-state index contributed by atoms with van der Waals surface area (Å²) < 4.78 is 63.4. The van der Waals surface area contributed by atoms with Crippen LogP contribution >= 0.6 is 0 Å². The Labute approximate surface area is 191 Å². The van der Waals surface area contributed by atoms with Crippen LogP contribution in [0, 0.1) is 13.8 Å². The smallest absolute Gasteiger partial charge is 0.242 e. The van der Waals surface area contributed by atoms with Crippen molar-refractivity contribution in [1.82, 2.24) is 8.61 Å². The monoisotopic (exact) mass is 484 g/mol. The zero-order valence-electron chi connectivity index (χ0n) is 19.0. The molecule has 0 saturated carbocycles. The number of aryl methyl sites for hydroxylation is 2. The molecule has 0 N–H and O–H groups in total. The van der Waals surface area contributed by atoms with Gasteiger partial charge in [-0.1, -0.05) is 35.4 Å². The predicted octanol–water partition coefficient (Wildman–Crippen LogP) is 2.28. The van der Waals surface area contributed by atoms with E-state index in [0.717, 1.165) is 11.1 Å². The lowest BCUT2D eigenvalue weighted by atomic mass is 10.2. The lowest BCUT2D eigenvalue weighted by molar-refractivity contribution is 0.0435. The van der Waals surface area contributed by atoms with Crippen LogP contribution in [0.1, 0.15) is 11.1 Å². The molecule has 8 nitrogen and oxygen atoms in total. The van der Waals surface area contributed by atoms with E-state index in [9.17, 15) is 16.8 Å². The van der Waals surface area contributed by atoms with E-state index in [2.05, 4.69) is 0 Å². The van der Waals surface area contributed by atoms with Crippen molar-refractivity contribution in [2.75, 3.05) is 53.6 Å². The van der Waals surface area contributed by atoms with Gasteiger partial charge in [-0.2, -0.15) is 8.61 Å². The molecule has 0 heterocycles. The summed E-state index contributed by atoms with van der Waals surface area (Å²) in [5, 5.41) is 0. The average molecular weight is 485 g/mol. The molecule has 178 valence electrons. The molecule has 2 aromatic rings. The molecule has 2 aromatic carbocycles. The maximum absolute atomic E-state index is 12.5. The van der Waals surface area contributed by atoms with Crippen LogP contribution in [0.25, 0.3) is 0 Å². The molecule has 0 aromatic heterocycles. The van der Waals surface area contributed by atoms with E-state index in [4.69, 9.17) is 9.47 Å². The summed E-state index contributed by atoms with van der Waals surface area (Å²) in [5.74, 6) is 0. The van der Waals surface area contributed by atoms with E-state index in [-0.39, 0.29) is 49.3 Å². The predicted molar refractivity (Wildman–Crippen MR) is 124 cm³/mol. The van der Waals surface area contributed by atoms with Gasteiger partial charge in [0.15, 0.2) is 0 Å². The summed E-state index contributed by atoms with van der Waals surface area (Å²) in [7, 11) is -4.07. The van der Waals surface area contributed by atoms with Crippen LogP contribution in [0.4, 0.5) is 0 Å². The molecule has 0 radical (unpaired) electrons. The highest BCUT2D eigenvalue weighted by Crippen LogP contribution is 2.15. The summed E-state index contributed by atoms with van der Waals surface area (Å²) in [6.45, 7) is 5.26. The van der Waals surface area contributed by atoms with Gasteiger partial charge in [0, 0.05) is 27.2 Å². The first-order valence-electron chi connectivity index (χ1n) is 10.3. The highest BCUT2D eigenvalue weighted by molar-refractivity contribution is 7.89. The van der Waals surface area contributed by atoms with E-state index in [0.29, 0.717) is 0 Å². The van der Waals surface area contributed by atoms with Crippen LogP contribution in [-0.4, -0.2) is 79.1 Å². The fourth-order valence-corrected chi connectivity index (χ4v) is 5.04. The molecule has 0 aliphatic heterocycles. The van der Waals surface area contributed by atoms with Crippen LogP contribution in [-0.2, 0) is 29.5 Å². The Hall–Kier alpha value is -1.82. The molecule has 0 fully saturated rings. The standard InChI is InChI=1S/C22H32N2O6S2/c1-19-5-9-21(10-6-19)31(25,26)23(3)13-15-29-17-18-30-16-14-24(4)32(27,28)22-11-7-20(2)8-12-22/h5-12H,13-18H2,1-4H3. The highest BCUT2D eigenvalue weighted by atomic mass is 32.2. The third-order valence-corrected chi connectivity index (χ3v) is 8.67. The number of nitrogens with zero attached hydrogens (tertiary/aromatic N) is 2. The Morgan fingerprint density at radius 2 is 0.906 bits per heavy atom. The lowest BCUT2D eigenvalue weighted by Crippen LogP contribution is -2.31. The van der Waals surface area contributed by atoms with Gasteiger partial charge >= 0.3 is 0 Å². The molecular formula is C22H32N2O6S2. The molecular weight excluding hydrogens is 452 g/mol. The number of likely N-dealkylation sites (N-methyl/N-ethyl adjacent to an activating group) is 2. The van der Waals surface area contributed by atoms with Crippen molar-refractivity contribution >= 4 is 20.0 Å². The Balaban J connectivity index is 1.64. The third kappa shape index (κ3) is 7.36. The molecule has 32 heavy (non-hydrogen) atoms. The molecule has 0 bridgehead atoms. The Morgan fingerprint density at radius 3 is 1.22 bits per heavy atom. The third-order valence-electron chi connectivity index (χ3n) is 4.93. The van der Waals surface area contributed by atoms with Crippen LogP contribution in [0.2, 0.25) is 0 Å². The van der Waals surface area contributed by atoms with Gasteiger partial charge in [0.2, 0.25) is 20.0 Å². The molecule has 0 unspecified atom stereocenters. The second kappa shape index (κ2) is 11.9. The van der Waals surface area contributed by atoms with Gasteiger partial charge in [0.25, 0.3) is 0 Å². The first-order valence-corrected chi connectivity index (χ1v) is 13.1. The number of hydrogen-bond acceptors (Lipinski definition) is 6. The van der Waals surface area contributed by atoms with Crippen molar-refractivity contribution in [3.05, 3.63) is 59.7 Å². The summed E-state index contributed by atoms with van der Waals surface area (Å²) in [4.78, 5) is 0.497. The van der Waals surface area contributed by atoms with Crippen LogP contribution in [0.15, 0.2) is 58.3 Å². The van der Waals surface area contributed by atoms with Gasteiger partial charge < -0.3 is 9.47 Å². The zero-order valence-corrected chi connectivity index (χ0v) is 20.7. The molecule has 0 aliphatic carbocycles. The Bertz CT molecular complexity index is 965. The molecule has 0 saturated heterocycles. The van der Waals surface area contributed by atoms with E-state index in [1.807, 2.05) is 13.8 Å². The summed E-state index contributed by atoms with van der Waals surface area (Å²) >= 11 is 0. The Kier molecular flexibility index (Phi) is 9.81. The topological polar surface area (TPSA) is 93.2 Å². The van der Waals surface area contributed by atoms with Crippen LogP contribution in [0.5, 0.6) is 0 Å². The Morgan fingerprint density at radius 1 is 0.594 bits per heavy atom. The number of ether oxygens (including phenoxy) is 2. The van der Waals surface area contributed by atoms with Crippen molar-refractivity contribution in [2.45, 2.75) is 23.6 Å². The first kappa shape index (κ1) is 26.4. The molecule has 10 heteroatoms. The number of benzene rings is 2. The summed E-state index contributed by atoms with van der Waals surface area (Å²) in [6.07, 6.45) is 0. The van der Waals surface area contributed by atoms with Crippen molar-refractivity contribution in [3.63, 3.8) is 0 Å². The molecule has 0 spiro atoms. The highest BCUT2D eigenvalue weighted by Gasteiger charge is 2.21. The SMILES string of the molecule is Cc1ccc(S(=O)(=O)N(C)CCOCCOCCN(C)S(=O)(=O)c2ccc(C)cc2)cc1. The lowest BCUT2D eigenvalue weighted by Gasteiger charge is -2.18. The van der Waals surface area contributed by atoms with Crippen LogP contribution in [0.3, 0.4) is 0 Å². The first-order chi connectivity index (χ1) is 15.0. The second-order valence-electron chi connectivity index (χ2n) is 7.50. The van der Waals surface area contributed by atoms with E-state index in [1.54, 1.807) is 48.5 Å². The van der Waals surface area contributed by atoms with Crippen molar-refractivity contribution in [3.8, 4) is 0 Å². The minimum absolute atomic E-state index is 0.216. The van der Waals surface area contributed by atoms with E-state index >= 15 is 0 Å². The fourth-order valence-electron chi connectivity index (χ4n) is 2.73. The van der Waals surface area contributed by atoms with Gasteiger partial charge in [-0.25, -0.2) is 16.8 Å². The number of hydrogen-bond donors (Lipinski definition) is 0.